The van der Waals surface area contributed by atoms with Gasteiger partial charge in [-0.15, -0.1) is 0 Å². The van der Waals surface area contributed by atoms with Gasteiger partial charge in [0, 0.05) is 12.5 Å². The smallest absolute Gasteiger partial charge is 0.102 e. The Kier molecular flexibility index (Phi) is 1.11. The van der Waals surface area contributed by atoms with Crippen molar-refractivity contribution < 1.29 is 4.74 Å². The third kappa shape index (κ3) is 0.784. The first kappa shape index (κ1) is 5.15. The van der Waals surface area contributed by atoms with Crippen LogP contribution < -0.4 is 5.32 Å². The lowest BCUT2D eigenvalue weighted by atomic mass is 9.99. The third-order valence-corrected chi connectivity index (χ3v) is 2.01. The summed E-state index contributed by atoms with van der Waals surface area (Å²) in [5.41, 5.74) is 1.32. The van der Waals surface area contributed by atoms with Gasteiger partial charge in [0.1, 0.15) is 6.26 Å². The Morgan fingerprint density at radius 2 is 2.67 bits per heavy atom. The predicted molar refractivity (Wildman–Crippen MR) is 34.8 cm³/mol. The maximum atomic E-state index is 5.17. The molecule has 1 unspecified atom stereocenters. The maximum Gasteiger partial charge on any atom is 0.102 e. The maximum absolute atomic E-state index is 5.17. The minimum Gasteiger partial charge on any atom is -0.499 e. The third-order valence-electron chi connectivity index (χ3n) is 2.01. The molecule has 0 aromatic heterocycles. The molecule has 0 radical (unpaired) electrons. The number of fused-ring (bicyclic) bond motifs is 1. The second kappa shape index (κ2) is 1.94. The number of piperidine rings is 1. The molecule has 1 fully saturated rings. The molecule has 50 valence electrons. The molecule has 2 heteroatoms. The molecule has 2 aliphatic heterocycles. The molecule has 1 atom stereocenters. The van der Waals surface area contributed by atoms with Gasteiger partial charge in [-0.05, 0) is 12.8 Å². The van der Waals surface area contributed by atoms with Gasteiger partial charge in [-0.25, -0.2) is 0 Å². The molecule has 0 aromatic rings. The zero-order valence-electron chi connectivity index (χ0n) is 5.39. The van der Waals surface area contributed by atoms with E-state index in [0.717, 1.165) is 13.2 Å². The average molecular weight is 125 g/mol. The van der Waals surface area contributed by atoms with Crippen molar-refractivity contribution in [3.05, 3.63) is 12.0 Å². The van der Waals surface area contributed by atoms with Gasteiger partial charge in [-0.3, -0.25) is 0 Å². The molecular formula is C7H11NO. The molecule has 1 N–H and O–H groups in total. The summed E-state index contributed by atoms with van der Waals surface area (Å²) in [6.07, 6.45) is 4.47. The van der Waals surface area contributed by atoms with Crippen molar-refractivity contribution >= 4 is 0 Å². The van der Waals surface area contributed by atoms with Crippen LogP contribution in [0.2, 0.25) is 0 Å². The van der Waals surface area contributed by atoms with E-state index in [1.165, 1.54) is 18.5 Å². The van der Waals surface area contributed by atoms with Gasteiger partial charge in [0.05, 0.1) is 12.3 Å². The van der Waals surface area contributed by atoms with E-state index in [1.807, 2.05) is 6.26 Å². The van der Waals surface area contributed by atoms with Crippen molar-refractivity contribution in [1.82, 2.24) is 5.32 Å². The van der Waals surface area contributed by atoms with Crippen LogP contribution in [0.3, 0.4) is 0 Å². The van der Waals surface area contributed by atoms with Crippen LogP contribution in [0.1, 0.15) is 12.8 Å². The van der Waals surface area contributed by atoms with Crippen LogP contribution in [0.25, 0.3) is 0 Å². The lowest BCUT2D eigenvalue weighted by Crippen LogP contribution is -2.26. The first-order chi connectivity index (χ1) is 4.47. The van der Waals surface area contributed by atoms with Gasteiger partial charge in [-0.2, -0.15) is 0 Å². The summed E-state index contributed by atoms with van der Waals surface area (Å²) in [4.78, 5) is 0. The molecule has 2 aliphatic rings. The second-order valence-electron chi connectivity index (χ2n) is 2.67. The summed E-state index contributed by atoms with van der Waals surface area (Å²) in [5, 5.41) is 3.32. The van der Waals surface area contributed by atoms with E-state index in [-0.39, 0.29) is 0 Å². The van der Waals surface area contributed by atoms with Crippen LogP contribution in [0.4, 0.5) is 0 Å². The van der Waals surface area contributed by atoms with Crippen LogP contribution in [-0.2, 0) is 4.74 Å². The van der Waals surface area contributed by atoms with Crippen molar-refractivity contribution in [3.63, 3.8) is 0 Å². The largest absolute Gasteiger partial charge is 0.499 e. The van der Waals surface area contributed by atoms with Gasteiger partial charge in [0.15, 0.2) is 0 Å². The van der Waals surface area contributed by atoms with Crippen molar-refractivity contribution in [2.75, 3.05) is 13.2 Å². The molecular weight excluding hydrogens is 114 g/mol. The molecule has 2 nitrogen and oxygen atoms in total. The van der Waals surface area contributed by atoms with Crippen molar-refractivity contribution in [2.24, 2.45) is 5.92 Å². The molecule has 0 bridgehead atoms. The highest BCUT2D eigenvalue weighted by Gasteiger charge is 2.22. The Morgan fingerprint density at radius 3 is 3.56 bits per heavy atom. The molecule has 2 heterocycles. The van der Waals surface area contributed by atoms with Gasteiger partial charge in [-0.1, -0.05) is 0 Å². The fraction of sp³-hybridized carbons (Fsp3) is 0.714. The standard InChI is InChI=1S/C7H11NO/c1-2-6-4-9-5-7(6)8-3-1/h5-6,8H,1-4H2. The van der Waals surface area contributed by atoms with Crippen LogP contribution in [0.15, 0.2) is 12.0 Å². The summed E-state index contributed by atoms with van der Waals surface area (Å²) in [6, 6.07) is 0. The van der Waals surface area contributed by atoms with Gasteiger partial charge in [0.25, 0.3) is 0 Å². The molecule has 0 amide bonds. The van der Waals surface area contributed by atoms with Crippen LogP contribution >= 0.6 is 0 Å². The Morgan fingerprint density at radius 1 is 1.67 bits per heavy atom. The molecule has 2 rings (SSSR count). The molecule has 0 aromatic carbocycles. The molecule has 0 spiro atoms. The van der Waals surface area contributed by atoms with Gasteiger partial charge in [0.2, 0.25) is 0 Å². The molecule has 0 aliphatic carbocycles. The predicted octanol–water partition coefficient (Wildman–Crippen LogP) is 0.858. The van der Waals surface area contributed by atoms with Crippen molar-refractivity contribution in [2.45, 2.75) is 12.8 Å². The monoisotopic (exact) mass is 125 g/mol. The SMILES string of the molecule is C1=C2NCCCC2CO1. The highest BCUT2D eigenvalue weighted by atomic mass is 16.5. The first-order valence-corrected chi connectivity index (χ1v) is 3.52. The summed E-state index contributed by atoms with van der Waals surface area (Å²) >= 11 is 0. The minimum absolute atomic E-state index is 0.693. The highest BCUT2D eigenvalue weighted by Crippen LogP contribution is 2.24. The lowest BCUT2D eigenvalue weighted by molar-refractivity contribution is 0.238. The number of nitrogens with one attached hydrogen (secondary N) is 1. The van der Waals surface area contributed by atoms with Gasteiger partial charge < -0.3 is 10.1 Å². The number of ether oxygens (including phenoxy) is 1. The van der Waals surface area contributed by atoms with Crippen LogP contribution in [0, 0.1) is 5.92 Å². The van der Waals surface area contributed by atoms with E-state index < -0.39 is 0 Å². The zero-order valence-corrected chi connectivity index (χ0v) is 5.39. The van der Waals surface area contributed by atoms with E-state index in [0.29, 0.717) is 5.92 Å². The van der Waals surface area contributed by atoms with E-state index >= 15 is 0 Å². The molecule has 0 saturated carbocycles. The normalized spacial score (nSPS) is 32.0. The zero-order chi connectivity index (χ0) is 6.10. The Balaban J connectivity index is 2.09. The quantitative estimate of drug-likeness (QED) is 0.518. The number of rotatable bonds is 0. The number of hydrogen-bond acceptors (Lipinski definition) is 2. The first-order valence-electron chi connectivity index (χ1n) is 3.52. The summed E-state index contributed by atoms with van der Waals surface area (Å²) in [5.74, 6) is 0.693. The molecule has 9 heavy (non-hydrogen) atoms. The fourth-order valence-corrected chi connectivity index (χ4v) is 1.45. The highest BCUT2D eigenvalue weighted by molar-refractivity contribution is 5.07. The Labute approximate surface area is 54.9 Å². The minimum atomic E-state index is 0.693. The van der Waals surface area contributed by atoms with Gasteiger partial charge >= 0.3 is 0 Å². The summed E-state index contributed by atoms with van der Waals surface area (Å²) in [6.45, 7) is 2.04. The Bertz CT molecular complexity index is 142. The summed E-state index contributed by atoms with van der Waals surface area (Å²) < 4.78 is 5.17. The topological polar surface area (TPSA) is 21.3 Å². The average Bonchev–Trinajstić information content (AvgIpc) is 2.33. The van der Waals surface area contributed by atoms with E-state index in [4.69, 9.17) is 4.74 Å². The van der Waals surface area contributed by atoms with E-state index in [1.54, 1.807) is 0 Å². The van der Waals surface area contributed by atoms with Crippen LogP contribution in [-0.4, -0.2) is 13.2 Å². The van der Waals surface area contributed by atoms with Crippen LogP contribution in [0.5, 0.6) is 0 Å². The van der Waals surface area contributed by atoms with E-state index in [2.05, 4.69) is 5.32 Å². The van der Waals surface area contributed by atoms with E-state index in [9.17, 15) is 0 Å². The van der Waals surface area contributed by atoms with Crippen molar-refractivity contribution in [1.29, 1.82) is 0 Å². The lowest BCUT2D eigenvalue weighted by Gasteiger charge is -2.19. The number of hydrogen-bond donors (Lipinski definition) is 1. The Hall–Kier alpha value is -0.660. The fourth-order valence-electron chi connectivity index (χ4n) is 1.45. The summed E-state index contributed by atoms with van der Waals surface area (Å²) in [7, 11) is 0. The second-order valence-corrected chi connectivity index (χ2v) is 2.67. The van der Waals surface area contributed by atoms with Crippen molar-refractivity contribution in [3.8, 4) is 0 Å². The molecule has 1 saturated heterocycles.